The van der Waals surface area contributed by atoms with E-state index in [2.05, 4.69) is 37.8 Å². The van der Waals surface area contributed by atoms with Crippen LogP contribution in [-0.4, -0.2) is 49.1 Å². The summed E-state index contributed by atoms with van der Waals surface area (Å²) in [6.07, 6.45) is 3.64. The normalized spacial score (nSPS) is 16.8. The van der Waals surface area contributed by atoms with E-state index in [9.17, 15) is 4.79 Å². The van der Waals surface area contributed by atoms with Crippen molar-refractivity contribution in [1.29, 1.82) is 0 Å². The SMILES string of the molecule is CCC(C)NC(=O)c1cccc(CNC(=NC)NC2CCN(c3ncccc3Cl)C2)c1.I. The minimum Gasteiger partial charge on any atom is -0.353 e. The number of halogens is 2. The molecule has 2 heterocycles. The summed E-state index contributed by atoms with van der Waals surface area (Å²) in [5.41, 5.74) is 1.69. The molecule has 7 nitrogen and oxygen atoms in total. The Labute approximate surface area is 212 Å². The lowest BCUT2D eigenvalue weighted by molar-refractivity contribution is 0.0939. The molecule has 1 amide bonds. The highest BCUT2D eigenvalue weighted by Crippen LogP contribution is 2.25. The summed E-state index contributed by atoms with van der Waals surface area (Å²) in [5.74, 6) is 1.51. The van der Waals surface area contributed by atoms with Crippen molar-refractivity contribution in [2.45, 2.75) is 45.3 Å². The number of carbonyl (C=O) groups excluding carboxylic acids is 1. The number of benzene rings is 1. The highest BCUT2D eigenvalue weighted by molar-refractivity contribution is 14.0. The van der Waals surface area contributed by atoms with Crippen molar-refractivity contribution in [2.24, 2.45) is 4.99 Å². The number of nitrogens with zero attached hydrogens (tertiary/aromatic N) is 3. The second-order valence-corrected chi connectivity index (χ2v) is 8.20. The summed E-state index contributed by atoms with van der Waals surface area (Å²) in [5, 5.41) is 10.5. The Kier molecular flexibility index (Phi) is 10.5. The maximum atomic E-state index is 12.4. The molecular weight excluding hydrogens is 539 g/mol. The summed E-state index contributed by atoms with van der Waals surface area (Å²) in [7, 11) is 1.76. The number of anilines is 1. The number of hydrogen-bond donors (Lipinski definition) is 3. The lowest BCUT2D eigenvalue weighted by Crippen LogP contribution is -2.44. The van der Waals surface area contributed by atoms with E-state index in [-0.39, 0.29) is 42.0 Å². The standard InChI is InChI=1S/C23H31ClN6O.HI/c1-4-16(2)28-22(31)18-8-5-7-17(13-18)14-27-23(25-3)29-19-10-12-30(15-19)21-20(24)9-6-11-26-21;/h5-9,11,13,16,19H,4,10,12,14-15H2,1-3H3,(H,28,31)(H2,25,27,29);1H. The Balaban J connectivity index is 0.00000363. The van der Waals surface area contributed by atoms with Gasteiger partial charge in [0.15, 0.2) is 5.96 Å². The third-order valence-electron chi connectivity index (χ3n) is 5.43. The van der Waals surface area contributed by atoms with Crippen molar-refractivity contribution < 1.29 is 4.79 Å². The second-order valence-electron chi connectivity index (χ2n) is 7.79. The molecular formula is C23H32ClIN6O. The average Bonchev–Trinajstić information content (AvgIpc) is 3.25. The fraction of sp³-hybridized carbons (Fsp3) is 0.435. The first-order valence-corrected chi connectivity index (χ1v) is 11.1. The molecule has 2 atom stereocenters. The van der Waals surface area contributed by atoms with Crippen LogP contribution in [0.5, 0.6) is 0 Å². The number of aliphatic imine (C=N–C) groups is 1. The van der Waals surface area contributed by atoms with Gasteiger partial charge in [0.25, 0.3) is 5.91 Å². The molecule has 1 saturated heterocycles. The van der Waals surface area contributed by atoms with Crippen LogP contribution in [0.15, 0.2) is 47.6 Å². The lowest BCUT2D eigenvalue weighted by Gasteiger charge is -2.20. The zero-order valence-corrected chi connectivity index (χ0v) is 21.9. The van der Waals surface area contributed by atoms with Crippen molar-refractivity contribution in [3.05, 3.63) is 58.7 Å². The molecule has 1 aromatic carbocycles. The van der Waals surface area contributed by atoms with E-state index < -0.39 is 0 Å². The maximum Gasteiger partial charge on any atom is 0.251 e. The molecule has 3 rings (SSSR count). The van der Waals surface area contributed by atoms with E-state index >= 15 is 0 Å². The first-order valence-electron chi connectivity index (χ1n) is 10.7. The Morgan fingerprint density at radius 2 is 2.16 bits per heavy atom. The predicted molar refractivity (Wildman–Crippen MR) is 142 cm³/mol. The number of guanidine groups is 1. The van der Waals surface area contributed by atoms with Crippen LogP contribution in [0.4, 0.5) is 5.82 Å². The van der Waals surface area contributed by atoms with Gasteiger partial charge >= 0.3 is 0 Å². The predicted octanol–water partition coefficient (Wildman–Crippen LogP) is 3.83. The van der Waals surface area contributed by atoms with Crippen molar-refractivity contribution in [3.8, 4) is 0 Å². The summed E-state index contributed by atoms with van der Waals surface area (Å²) in [4.78, 5) is 23.3. The van der Waals surface area contributed by atoms with Crippen LogP contribution < -0.4 is 20.9 Å². The minimum atomic E-state index is -0.0436. The first kappa shape index (κ1) is 26.2. The molecule has 2 aromatic rings. The molecule has 1 aliphatic rings. The van der Waals surface area contributed by atoms with Gasteiger partial charge in [-0.25, -0.2) is 4.98 Å². The zero-order chi connectivity index (χ0) is 22.2. The molecule has 2 unspecified atom stereocenters. The third kappa shape index (κ3) is 7.23. The zero-order valence-electron chi connectivity index (χ0n) is 18.8. The van der Waals surface area contributed by atoms with E-state index in [1.54, 1.807) is 13.2 Å². The van der Waals surface area contributed by atoms with E-state index in [4.69, 9.17) is 11.6 Å². The number of hydrogen-bond acceptors (Lipinski definition) is 4. The van der Waals surface area contributed by atoms with Gasteiger partial charge in [0, 0.05) is 50.5 Å². The Hall–Kier alpha value is -2.07. The molecule has 0 radical (unpaired) electrons. The lowest BCUT2D eigenvalue weighted by atomic mass is 10.1. The molecule has 0 aliphatic carbocycles. The molecule has 9 heteroatoms. The summed E-state index contributed by atoms with van der Waals surface area (Å²) < 4.78 is 0. The Morgan fingerprint density at radius 1 is 1.34 bits per heavy atom. The molecule has 1 aliphatic heterocycles. The summed E-state index contributed by atoms with van der Waals surface area (Å²) >= 11 is 6.28. The minimum absolute atomic E-state index is 0. The van der Waals surface area contributed by atoms with Gasteiger partial charge < -0.3 is 20.9 Å². The van der Waals surface area contributed by atoms with E-state index in [0.29, 0.717) is 17.1 Å². The van der Waals surface area contributed by atoms with Crippen LogP contribution >= 0.6 is 35.6 Å². The molecule has 1 aromatic heterocycles. The van der Waals surface area contributed by atoms with Gasteiger partial charge in [-0.1, -0.05) is 30.7 Å². The highest BCUT2D eigenvalue weighted by atomic mass is 127. The van der Waals surface area contributed by atoms with Crippen LogP contribution in [0.1, 0.15) is 42.6 Å². The summed E-state index contributed by atoms with van der Waals surface area (Å²) in [6.45, 7) is 6.33. The largest absolute Gasteiger partial charge is 0.353 e. The van der Waals surface area contributed by atoms with Gasteiger partial charge in [-0.2, -0.15) is 0 Å². The van der Waals surface area contributed by atoms with Gasteiger partial charge in [-0.05, 0) is 49.6 Å². The molecule has 1 fully saturated rings. The summed E-state index contributed by atoms with van der Waals surface area (Å²) in [6, 6.07) is 11.8. The number of aromatic nitrogens is 1. The second kappa shape index (κ2) is 12.8. The topological polar surface area (TPSA) is 81.6 Å². The average molecular weight is 571 g/mol. The van der Waals surface area contributed by atoms with Crippen LogP contribution in [-0.2, 0) is 6.54 Å². The number of rotatable bonds is 7. The van der Waals surface area contributed by atoms with Gasteiger partial charge in [0.05, 0.1) is 5.02 Å². The van der Waals surface area contributed by atoms with Crippen molar-refractivity contribution in [2.75, 3.05) is 25.0 Å². The highest BCUT2D eigenvalue weighted by Gasteiger charge is 2.25. The third-order valence-corrected chi connectivity index (χ3v) is 5.73. The maximum absolute atomic E-state index is 12.4. The molecule has 3 N–H and O–H groups in total. The number of pyridine rings is 1. The van der Waals surface area contributed by atoms with Crippen LogP contribution in [0, 0.1) is 0 Å². The Morgan fingerprint density at radius 3 is 2.88 bits per heavy atom. The van der Waals surface area contributed by atoms with Gasteiger partial charge in [-0.15, -0.1) is 24.0 Å². The number of carbonyl (C=O) groups is 1. The molecule has 0 spiro atoms. The quantitative estimate of drug-likeness (QED) is 0.268. The van der Waals surface area contributed by atoms with E-state index in [1.807, 2.05) is 43.3 Å². The monoisotopic (exact) mass is 570 g/mol. The van der Waals surface area contributed by atoms with E-state index in [0.717, 1.165) is 43.3 Å². The van der Waals surface area contributed by atoms with E-state index in [1.165, 1.54) is 0 Å². The van der Waals surface area contributed by atoms with Crippen LogP contribution in [0.2, 0.25) is 5.02 Å². The first-order chi connectivity index (χ1) is 15.0. The molecule has 0 saturated carbocycles. The Bertz CT molecular complexity index is 925. The van der Waals surface area contributed by atoms with Crippen LogP contribution in [0.3, 0.4) is 0 Å². The van der Waals surface area contributed by atoms with Gasteiger partial charge in [0.2, 0.25) is 0 Å². The smallest absolute Gasteiger partial charge is 0.251 e. The van der Waals surface area contributed by atoms with Crippen molar-refractivity contribution >= 4 is 53.3 Å². The molecule has 174 valence electrons. The fourth-order valence-corrected chi connectivity index (χ4v) is 3.73. The number of amides is 1. The van der Waals surface area contributed by atoms with Gasteiger partial charge in [0.1, 0.15) is 5.82 Å². The fourth-order valence-electron chi connectivity index (χ4n) is 3.49. The van der Waals surface area contributed by atoms with Crippen molar-refractivity contribution in [1.82, 2.24) is 20.9 Å². The van der Waals surface area contributed by atoms with Crippen molar-refractivity contribution in [3.63, 3.8) is 0 Å². The molecule has 0 bridgehead atoms. The van der Waals surface area contributed by atoms with Gasteiger partial charge in [-0.3, -0.25) is 9.79 Å². The van der Waals surface area contributed by atoms with Crippen LogP contribution in [0.25, 0.3) is 0 Å². The number of nitrogens with one attached hydrogen (secondary N) is 3. The molecule has 32 heavy (non-hydrogen) atoms.